The molecule has 2 aliphatic rings. The van der Waals surface area contributed by atoms with Gasteiger partial charge in [0.05, 0.1) is 13.2 Å². The van der Waals surface area contributed by atoms with Crippen LogP contribution in [0.2, 0.25) is 0 Å². The van der Waals surface area contributed by atoms with Gasteiger partial charge in [-0.3, -0.25) is 9.59 Å². The average molecular weight is 345 g/mol. The van der Waals surface area contributed by atoms with E-state index in [4.69, 9.17) is 5.11 Å². The standard InChI is InChI=1S/C18H20FN3O3/c19-15-4-2-1-3-14(15)13-7-9-21(10-8-13)18(25)16-5-6-17(24)22(20-16)11-12-23/h1-4,7,23H,5-6,8-12H2. The van der Waals surface area contributed by atoms with Gasteiger partial charge in [0.15, 0.2) is 0 Å². The summed E-state index contributed by atoms with van der Waals surface area (Å²) in [5.74, 6) is -0.659. The molecule has 25 heavy (non-hydrogen) atoms. The van der Waals surface area contributed by atoms with Crippen LogP contribution < -0.4 is 0 Å². The highest BCUT2D eigenvalue weighted by Gasteiger charge is 2.28. The molecule has 7 heteroatoms. The number of hydrazone groups is 1. The number of aliphatic hydroxyl groups is 1. The number of carbonyl (C=O) groups excluding carboxylic acids is 2. The van der Waals surface area contributed by atoms with Crippen LogP contribution in [0.4, 0.5) is 4.39 Å². The Morgan fingerprint density at radius 3 is 2.72 bits per heavy atom. The maximum absolute atomic E-state index is 13.9. The van der Waals surface area contributed by atoms with Crippen LogP contribution in [0.5, 0.6) is 0 Å². The highest BCUT2D eigenvalue weighted by atomic mass is 19.1. The average Bonchev–Trinajstić information content (AvgIpc) is 2.64. The van der Waals surface area contributed by atoms with E-state index in [9.17, 15) is 14.0 Å². The molecule has 132 valence electrons. The molecule has 1 aromatic carbocycles. The molecular weight excluding hydrogens is 325 g/mol. The van der Waals surface area contributed by atoms with Crippen LogP contribution in [-0.4, -0.2) is 58.8 Å². The maximum atomic E-state index is 13.9. The number of carbonyl (C=O) groups is 2. The third kappa shape index (κ3) is 3.76. The van der Waals surface area contributed by atoms with Crippen molar-refractivity contribution in [1.29, 1.82) is 0 Å². The van der Waals surface area contributed by atoms with Gasteiger partial charge in [-0.05, 0) is 18.1 Å². The first kappa shape index (κ1) is 17.3. The van der Waals surface area contributed by atoms with Crippen LogP contribution in [0.15, 0.2) is 35.4 Å². The molecule has 1 aromatic rings. The van der Waals surface area contributed by atoms with Crippen molar-refractivity contribution in [2.24, 2.45) is 5.10 Å². The van der Waals surface area contributed by atoms with Crippen LogP contribution >= 0.6 is 0 Å². The number of benzene rings is 1. The summed E-state index contributed by atoms with van der Waals surface area (Å²) in [6, 6.07) is 6.61. The predicted octanol–water partition coefficient (Wildman–Crippen LogP) is 1.41. The van der Waals surface area contributed by atoms with Gasteiger partial charge in [0.1, 0.15) is 11.5 Å². The third-order valence-corrected chi connectivity index (χ3v) is 4.38. The van der Waals surface area contributed by atoms with Gasteiger partial charge in [0.25, 0.3) is 5.91 Å². The summed E-state index contributed by atoms with van der Waals surface area (Å²) in [7, 11) is 0. The van der Waals surface area contributed by atoms with Crippen molar-refractivity contribution in [3.8, 4) is 0 Å². The molecule has 0 unspecified atom stereocenters. The summed E-state index contributed by atoms with van der Waals surface area (Å²) in [4.78, 5) is 26.0. The van der Waals surface area contributed by atoms with Gasteiger partial charge in [0, 0.05) is 31.5 Å². The van der Waals surface area contributed by atoms with Crippen molar-refractivity contribution in [3.63, 3.8) is 0 Å². The molecule has 0 atom stereocenters. The number of nitrogens with zero attached hydrogens (tertiary/aromatic N) is 3. The Morgan fingerprint density at radius 1 is 1.24 bits per heavy atom. The summed E-state index contributed by atoms with van der Waals surface area (Å²) >= 11 is 0. The quantitative estimate of drug-likeness (QED) is 0.897. The first-order valence-corrected chi connectivity index (χ1v) is 8.32. The molecule has 0 aliphatic carbocycles. The molecule has 0 spiro atoms. The summed E-state index contributed by atoms with van der Waals surface area (Å²) in [6.07, 6.45) is 2.95. The molecule has 0 bridgehead atoms. The second kappa shape index (κ2) is 7.57. The molecule has 0 aromatic heterocycles. The Morgan fingerprint density at radius 2 is 2.04 bits per heavy atom. The van der Waals surface area contributed by atoms with Gasteiger partial charge in [-0.1, -0.05) is 24.3 Å². The molecule has 6 nitrogen and oxygen atoms in total. The van der Waals surface area contributed by atoms with Crippen LogP contribution in [0.3, 0.4) is 0 Å². The van der Waals surface area contributed by atoms with E-state index in [1.165, 1.54) is 6.07 Å². The normalized spacial score (nSPS) is 18.1. The van der Waals surface area contributed by atoms with Gasteiger partial charge in [-0.15, -0.1) is 0 Å². The fraction of sp³-hybridized carbons (Fsp3) is 0.389. The van der Waals surface area contributed by atoms with Gasteiger partial charge in [0.2, 0.25) is 5.91 Å². The SMILES string of the molecule is O=C(C1=NN(CCO)C(=O)CC1)N1CC=C(c2ccccc2F)CC1. The lowest BCUT2D eigenvalue weighted by molar-refractivity contribution is -0.132. The third-order valence-electron chi connectivity index (χ3n) is 4.38. The van der Waals surface area contributed by atoms with E-state index < -0.39 is 0 Å². The van der Waals surface area contributed by atoms with Crippen LogP contribution in [-0.2, 0) is 9.59 Å². The van der Waals surface area contributed by atoms with Gasteiger partial charge in [-0.25, -0.2) is 9.40 Å². The first-order chi connectivity index (χ1) is 12.1. The van der Waals surface area contributed by atoms with E-state index in [0.29, 0.717) is 37.2 Å². The zero-order valence-corrected chi connectivity index (χ0v) is 13.8. The molecular formula is C18H20FN3O3. The Labute approximate surface area is 145 Å². The van der Waals surface area contributed by atoms with Crippen LogP contribution in [0, 0.1) is 5.82 Å². The Bertz CT molecular complexity index is 745. The summed E-state index contributed by atoms with van der Waals surface area (Å²) < 4.78 is 13.9. The van der Waals surface area contributed by atoms with Crippen molar-refractivity contribution in [1.82, 2.24) is 9.91 Å². The Balaban J connectivity index is 1.70. The molecule has 0 radical (unpaired) electrons. The number of β-amino-alcohol motifs (C(OH)–C–C–N with tert-alkyl or cyclic N) is 1. The van der Waals surface area contributed by atoms with E-state index >= 15 is 0 Å². The highest BCUT2D eigenvalue weighted by Crippen LogP contribution is 2.25. The van der Waals surface area contributed by atoms with E-state index in [2.05, 4.69) is 5.10 Å². The van der Waals surface area contributed by atoms with Crippen LogP contribution in [0.1, 0.15) is 24.8 Å². The molecule has 2 amide bonds. The minimum absolute atomic E-state index is 0.0902. The smallest absolute Gasteiger partial charge is 0.270 e. The molecule has 0 saturated heterocycles. The lowest BCUT2D eigenvalue weighted by Crippen LogP contribution is -2.43. The van der Waals surface area contributed by atoms with Crippen molar-refractivity contribution in [2.45, 2.75) is 19.3 Å². The van der Waals surface area contributed by atoms with Gasteiger partial charge in [-0.2, -0.15) is 5.10 Å². The minimum Gasteiger partial charge on any atom is -0.394 e. The van der Waals surface area contributed by atoms with E-state index in [1.54, 1.807) is 23.1 Å². The summed E-state index contributed by atoms with van der Waals surface area (Å²) in [5, 5.41) is 14.2. The number of hydrogen-bond acceptors (Lipinski definition) is 4. The molecule has 2 heterocycles. The topological polar surface area (TPSA) is 73.2 Å². The van der Waals surface area contributed by atoms with Crippen molar-refractivity contribution in [2.75, 3.05) is 26.2 Å². The molecule has 0 saturated carbocycles. The number of rotatable bonds is 4. The lowest BCUT2D eigenvalue weighted by Gasteiger charge is -2.29. The second-order valence-electron chi connectivity index (χ2n) is 6.00. The van der Waals surface area contributed by atoms with E-state index in [-0.39, 0.29) is 37.2 Å². The highest BCUT2D eigenvalue weighted by molar-refractivity contribution is 6.39. The molecule has 1 N–H and O–H groups in total. The number of amides is 2. The maximum Gasteiger partial charge on any atom is 0.270 e. The lowest BCUT2D eigenvalue weighted by atomic mass is 9.98. The zero-order valence-electron chi connectivity index (χ0n) is 13.8. The summed E-state index contributed by atoms with van der Waals surface area (Å²) in [5.41, 5.74) is 1.80. The Hall–Kier alpha value is -2.54. The van der Waals surface area contributed by atoms with Gasteiger partial charge >= 0.3 is 0 Å². The number of aliphatic hydroxyl groups excluding tert-OH is 1. The molecule has 0 fully saturated rings. The van der Waals surface area contributed by atoms with E-state index in [1.807, 2.05) is 6.08 Å². The van der Waals surface area contributed by atoms with Crippen molar-refractivity contribution in [3.05, 3.63) is 41.7 Å². The monoisotopic (exact) mass is 345 g/mol. The van der Waals surface area contributed by atoms with Crippen LogP contribution in [0.25, 0.3) is 5.57 Å². The molecule has 2 aliphatic heterocycles. The second-order valence-corrected chi connectivity index (χ2v) is 6.00. The minimum atomic E-state index is -0.261. The fourth-order valence-electron chi connectivity index (χ4n) is 3.03. The fourth-order valence-corrected chi connectivity index (χ4v) is 3.03. The first-order valence-electron chi connectivity index (χ1n) is 8.32. The zero-order chi connectivity index (χ0) is 17.8. The summed E-state index contributed by atoms with van der Waals surface area (Å²) in [6.45, 7) is 0.754. The number of halogens is 1. The predicted molar refractivity (Wildman–Crippen MR) is 91.0 cm³/mol. The van der Waals surface area contributed by atoms with E-state index in [0.717, 1.165) is 10.6 Å². The Kier molecular flexibility index (Phi) is 5.23. The number of hydrogen-bond donors (Lipinski definition) is 1. The van der Waals surface area contributed by atoms with Crippen molar-refractivity contribution < 1.29 is 19.1 Å². The van der Waals surface area contributed by atoms with Gasteiger partial charge < -0.3 is 10.0 Å². The largest absolute Gasteiger partial charge is 0.394 e. The van der Waals surface area contributed by atoms with Crippen molar-refractivity contribution >= 4 is 23.1 Å². The molecule has 3 rings (SSSR count).